The molecule has 5 nitrogen and oxygen atoms in total. The summed E-state index contributed by atoms with van der Waals surface area (Å²) in [6.07, 6.45) is 8.10. The fourth-order valence-corrected chi connectivity index (χ4v) is 2.21. The summed E-state index contributed by atoms with van der Waals surface area (Å²) in [4.78, 5) is 4.28. The number of hydrogen-bond donors (Lipinski definition) is 1. The molecule has 0 atom stereocenters. The molecule has 0 saturated carbocycles. The molecule has 0 aliphatic heterocycles. The quantitative estimate of drug-likeness (QED) is 0.831. The molecule has 104 valence electrons. The number of nitrogens with zero attached hydrogens (tertiary/aromatic N) is 4. The molecule has 0 aromatic carbocycles. The predicted molar refractivity (Wildman–Crippen MR) is 75.6 cm³/mol. The lowest BCUT2D eigenvalue weighted by Gasteiger charge is -2.12. The Bertz CT molecular complexity index is 495. The number of aryl methyl sites for hydroxylation is 1. The molecule has 0 amide bonds. The second kappa shape index (κ2) is 6.52. The van der Waals surface area contributed by atoms with E-state index in [0.717, 1.165) is 37.4 Å². The maximum absolute atomic E-state index is 4.62. The van der Waals surface area contributed by atoms with Crippen molar-refractivity contribution in [3.63, 3.8) is 0 Å². The van der Waals surface area contributed by atoms with Crippen LogP contribution in [0.15, 0.2) is 24.7 Å². The molecule has 2 heterocycles. The van der Waals surface area contributed by atoms with Crippen LogP contribution in [-0.4, -0.2) is 19.3 Å². The lowest BCUT2D eigenvalue weighted by Crippen LogP contribution is -2.16. The summed E-state index contributed by atoms with van der Waals surface area (Å²) in [6.45, 7) is 5.95. The first-order chi connectivity index (χ1) is 9.24. The first kappa shape index (κ1) is 13.8. The van der Waals surface area contributed by atoms with Gasteiger partial charge in [-0.3, -0.25) is 4.68 Å². The Morgan fingerprint density at radius 1 is 1.21 bits per heavy atom. The van der Waals surface area contributed by atoms with E-state index < -0.39 is 0 Å². The van der Waals surface area contributed by atoms with E-state index in [-0.39, 0.29) is 0 Å². The maximum Gasteiger partial charge on any atom is 0.122 e. The lowest BCUT2D eigenvalue weighted by molar-refractivity contribution is 0.424. The van der Waals surface area contributed by atoms with Gasteiger partial charge in [0.2, 0.25) is 0 Å². The standard InChI is InChI=1S/C14H23N5/c1-4-13(5-2)19-8-6-12(17-19)10-15-11-14-16-7-9-18(14)3/h6-9,13,15H,4-5,10-11H2,1-3H3. The van der Waals surface area contributed by atoms with Crippen LogP contribution < -0.4 is 5.32 Å². The normalized spacial score (nSPS) is 11.4. The molecular formula is C14H23N5. The van der Waals surface area contributed by atoms with Gasteiger partial charge in [0.1, 0.15) is 5.82 Å². The van der Waals surface area contributed by atoms with Crippen molar-refractivity contribution in [1.82, 2.24) is 24.6 Å². The third-order valence-electron chi connectivity index (χ3n) is 3.49. The highest BCUT2D eigenvalue weighted by molar-refractivity contribution is 5.00. The number of imidazole rings is 1. The van der Waals surface area contributed by atoms with Crippen LogP contribution in [0.5, 0.6) is 0 Å². The molecule has 19 heavy (non-hydrogen) atoms. The van der Waals surface area contributed by atoms with Crippen molar-refractivity contribution < 1.29 is 0 Å². The molecular weight excluding hydrogens is 238 g/mol. The van der Waals surface area contributed by atoms with E-state index in [1.54, 1.807) is 0 Å². The van der Waals surface area contributed by atoms with Crippen LogP contribution >= 0.6 is 0 Å². The van der Waals surface area contributed by atoms with Gasteiger partial charge in [0.05, 0.1) is 18.3 Å². The number of nitrogens with one attached hydrogen (secondary N) is 1. The smallest absolute Gasteiger partial charge is 0.122 e. The van der Waals surface area contributed by atoms with Gasteiger partial charge in [-0.2, -0.15) is 5.10 Å². The van der Waals surface area contributed by atoms with Gasteiger partial charge in [-0.15, -0.1) is 0 Å². The van der Waals surface area contributed by atoms with E-state index in [9.17, 15) is 0 Å². The summed E-state index contributed by atoms with van der Waals surface area (Å²) in [5.41, 5.74) is 1.08. The van der Waals surface area contributed by atoms with Crippen LogP contribution in [0.1, 0.15) is 44.2 Å². The Morgan fingerprint density at radius 2 is 2.00 bits per heavy atom. The molecule has 0 aliphatic rings. The van der Waals surface area contributed by atoms with E-state index in [0.29, 0.717) is 6.04 Å². The highest BCUT2D eigenvalue weighted by atomic mass is 15.3. The second-order valence-corrected chi connectivity index (χ2v) is 4.82. The second-order valence-electron chi connectivity index (χ2n) is 4.82. The summed E-state index contributed by atoms with van der Waals surface area (Å²) in [5.74, 6) is 1.04. The van der Waals surface area contributed by atoms with Gasteiger partial charge in [0, 0.05) is 32.2 Å². The van der Waals surface area contributed by atoms with Crippen molar-refractivity contribution in [2.45, 2.75) is 45.8 Å². The van der Waals surface area contributed by atoms with Gasteiger partial charge in [-0.1, -0.05) is 13.8 Å². The summed E-state index contributed by atoms with van der Waals surface area (Å²) < 4.78 is 4.10. The number of rotatable bonds is 7. The van der Waals surface area contributed by atoms with Crippen LogP contribution in [-0.2, 0) is 20.1 Å². The number of hydrogen-bond acceptors (Lipinski definition) is 3. The zero-order chi connectivity index (χ0) is 13.7. The molecule has 2 aromatic heterocycles. The fraction of sp³-hybridized carbons (Fsp3) is 0.571. The molecule has 0 saturated heterocycles. The van der Waals surface area contributed by atoms with Crippen molar-refractivity contribution in [3.05, 3.63) is 36.2 Å². The van der Waals surface area contributed by atoms with Crippen molar-refractivity contribution in [3.8, 4) is 0 Å². The van der Waals surface area contributed by atoms with Crippen LogP contribution in [0.25, 0.3) is 0 Å². The Hall–Kier alpha value is -1.62. The van der Waals surface area contributed by atoms with Gasteiger partial charge in [-0.05, 0) is 18.9 Å². The molecule has 0 unspecified atom stereocenters. The minimum Gasteiger partial charge on any atom is -0.337 e. The van der Waals surface area contributed by atoms with E-state index in [1.807, 2.05) is 24.0 Å². The van der Waals surface area contributed by atoms with Crippen LogP contribution in [0.2, 0.25) is 0 Å². The zero-order valence-corrected chi connectivity index (χ0v) is 12.0. The topological polar surface area (TPSA) is 47.7 Å². The average molecular weight is 261 g/mol. The van der Waals surface area contributed by atoms with Crippen LogP contribution in [0.4, 0.5) is 0 Å². The minimum absolute atomic E-state index is 0.517. The largest absolute Gasteiger partial charge is 0.337 e. The third kappa shape index (κ3) is 3.44. The summed E-state index contributed by atoms with van der Waals surface area (Å²) in [5, 5.41) is 7.99. The van der Waals surface area contributed by atoms with Crippen molar-refractivity contribution >= 4 is 0 Å². The molecule has 2 rings (SSSR count). The molecule has 1 N–H and O–H groups in total. The first-order valence-electron chi connectivity index (χ1n) is 6.95. The molecule has 5 heteroatoms. The minimum atomic E-state index is 0.517. The van der Waals surface area contributed by atoms with E-state index >= 15 is 0 Å². The van der Waals surface area contributed by atoms with Gasteiger partial charge in [0.15, 0.2) is 0 Å². The number of aromatic nitrogens is 4. The van der Waals surface area contributed by atoms with Crippen LogP contribution in [0, 0.1) is 0 Å². The van der Waals surface area contributed by atoms with E-state index in [1.165, 1.54) is 0 Å². The lowest BCUT2D eigenvalue weighted by atomic mass is 10.2. The molecule has 0 aliphatic carbocycles. The summed E-state index contributed by atoms with van der Waals surface area (Å²) >= 11 is 0. The highest BCUT2D eigenvalue weighted by Gasteiger charge is 2.07. The van der Waals surface area contributed by atoms with Crippen molar-refractivity contribution in [2.24, 2.45) is 7.05 Å². The van der Waals surface area contributed by atoms with Crippen molar-refractivity contribution in [2.75, 3.05) is 0 Å². The Labute approximate surface area is 114 Å². The third-order valence-corrected chi connectivity index (χ3v) is 3.49. The maximum atomic E-state index is 4.62. The van der Waals surface area contributed by atoms with Crippen LogP contribution in [0.3, 0.4) is 0 Å². The van der Waals surface area contributed by atoms with Gasteiger partial charge in [0.25, 0.3) is 0 Å². The van der Waals surface area contributed by atoms with Gasteiger partial charge in [-0.25, -0.2) is 4.98 Å². The van der Waals surface area contributed by atoms with Gasteiger partial charge < -0.3 is 9.88 Å². The Morgan fingerprint density at radius 3 is 2.63 bits per heavy atom. The van der Waals surface area contributed by atoms with E-state index in [4.69, 9.17) is 0 Å². The Balaban J connectivity index is 1.85. The molecule has 0 bridgehead atoms. The monoisotopic (exact) mass is 261 g/mol. The summed E-state index contributed by atoms with van der Waals surface area (Å²) in [6, 6.07) is 2.60. The molecule has 2 aromatic rings. The fourth-order valence-electron chi connectivity index (χ4n) is 2.21. The van der Waals surface area contributed by atoms with Gasteiger partial charge >= 0.3 is 0 Å². The zero-order valence-electron chi connectivity index (χ0n) is 12.0. The predicted octanol–water partition coefficient (Wildman–Crippen LogP) is 2.27. The van der Waals surface area contributed by atoms with E-state index in [2.05, 4.69) is 46.2 Å². The average Bonchev–Trinajstić information content (AvgIpc) is 3.02. The molecule has 0 spiro atoms. The molecule has 0 fully saturated rings. The molecule has 0 radical (unpaired) electrons. The first-order valence-corrected chi connectivity index (χ1v) is 6.95. The summed E-state index contributed by atoms with van der Waals surface area (Å²) in [7, 11) is 2.01. The Kier molecular flexibility index (Phi) is 4.74. The van der Waals surface area contributed by atoms with Crippen molar-refractivity contribution in [1.29, 1.82) is 0 Å². The SMILES string of the molecule is CCC(CC)n1ccc(CNCc2nccn2C)n1. The highest BCUT2D eigenvalue weighted by Crippen LogP contribution is 2.14.